The molecule has 0 bridgehead atoms. The van der Waals surface area contributed by atoms with Crippen LogP contribution in [0, 0.1) is 5.82 Å². The largest absolute Gasteiger partial charge is 0.442 e. The molecule has 1 aromatic carbocycles. The van der Waals surface area contributed by atoms with E-state index < -0.39 is 12.2 Å². The molecule has 2 N–H and O–H groups in total. The molecule has 140 valence electrons. The van der Waals surface area contributed by atoms with Crippen LogP contribution in [0.4, 0.5) is 20.6 Å². The summed E-state index contributed by atoms with van der Waals surface area (Å²) in [4.78, 5) is 31.6. The number of halogens is 1. The first-order valence-electron chi connectivity index (χ1n) is 8.68. The Morgan fingerprint density at radius 3 is 2.77 bits per heavy atom. The van der Waals surface area contributed by atoms with Crippen molar-refractivity contribution in [3.63, 3.8) is 0 Å². The van der Waals surface area contributed by atoms with E-state index in [9.17, 15) is 14.0 Å². The highest BCUT2D eigenvalue weighted by atomic mass is 19.1. The third-order valence-electron chi connectivity index (χ3n) is 5.00. The predicted molar refractivity (Wildman–Crippen MR) is 91.1 cm³/mol. The second kappa shape index (κ2) is 6.40. The minimum atomic E-state index is -0.538. The van der Waals surface area contributed by atoms with E-state index in [0.717, 1.165) is 12.8 Å². The Hall–Kier alpha value is -2.39. The van der Waals surface area contributed by atoms with Crippen LogP contribution in [-0.2, 0) is 14.4 Å². The molecule has 0 radical (unpaired) electrons. The molecule has 3 heterocycles. The zero-order valence-corrected chi connectivity index (χ0v) is 14.5. The van der Waals surface area contributed by atoms with Crippen molar-refractivity contribution in [2.75, 3.05) is 36.0 Å². The van der Waals surface area contributed by atoms with E-state index in [1.54, 1.807) is 12.1 Å². The summed E-state index contributed by atoms with van der Waals surface area (Å²) < 4.78 is 19.9. The number of nitrogens with zero attached hydrogens (tertiary/aromatic N) is 2. The van der Waals surface area contributed by atoms with Crippen molar-refractivity contribution in [3.05, 3.63) is 24.0 Å². The highest BCUT2D eigenvalue weighted by molar-refractivity contribution is 5.90. The summed E-state index contributed by atoms with van der Waals surface area (Å²) in [7, 11) is 0. The number of hydrogen-bond acceptors (Lipinski definition) is 6. The number of anilines is 2. The first-order chi connectivity index (χ1) is 12.5. The van der Waals surface area contributed by atoms with Crippen molar-refractivity contribution in [2.45, 2.75) is 31.6 Å². The number of nitrogens with one attached hydrogen (secondary N) is 2. The van der Waals surface area contributed by atoms with Gasteiger partial charge < -0.3 is 15.0 Å². The maximum Gasteiger partial charge on any atom is 0.414 e. The Balaban J connectivity index is 1.42. The first kappa shape index (κ1) is 17.0. The first-order valence-corrected chi connectivity index (χ1v) is 8.68. The molecule has 3 aliphatic rings. The molecule has 0 saturated carbocycles. The minimum absolute atomic E-state index is 0.190. The third kappa shape index (κ3) is 3.32. The fraction of sp³-hybridized carbons (Fsp3) is 0.529. The summed E-state index contributed by atoms with van der Waals surface area (Å²) in [6, 6.07) is 4.77. The monoisotopic (exact) mass is 364 g/mol. The molecule has 3 aliphatic heterocycles. The summed E-state index contributed by atoms with van der Waals surface area (Å²) >= 11 is 0. The van der Waals surface area contributed by atoms with Crippen LogP contribution in [0.15, 0.2) is 18.2 Å². The molecule has 0 unspecified atom stereocenters. The molecule has 26 heavy (non-hydrogen) atoms. The van der Waals surface area contributed by atoms with Gasteiger partial charge in [-0.1, -0.05) is 0 Å². The van der Waals surface area contributed by atoms with Crippen LogP contribution in [0.5, 0.6) is 0 Å². The summed E-state index contributed by atoms with van der Waals surface area (Å²) in [5.41, 5.74) is 3.67. The quantitative estimate of drug-likeness (QED) is 0.777. The highest BCUT2D eigenvalue weighted by Gasteiger charge is 2.47. The molecule has 1 spiro atoms. The molecule has 4 rings (SSSR count). The Labute approximate surface area is 150 Å². The van der Waals surface area contributed by atoms with Crippen molar-refractivity contribution in [1.82, 2.24) is 10.8 Å². The Morgan fingerprint density at radius 1 is 1.42 bits per heavy atom. The molecule has 0 aliphatic carbocycles. The minimum Gasteiger partial charge on any atom is -0.442 e. The lowest BCUT2D eigenvalue weighted by Gasteiger charge is -2.31. The van der Waals surface area contributed by atoms with Crippen molar-refractivity contribution in [1.29, 1.82) is 0 Å². The molecular weight excluding hydrogens is 343 g/mol. The van der Waals surface area contributed by atoms with Gasteiger partial charge in [0.1, 0.15) is 11.9 Å². The van der Waals surface area contributed by atoms with Crippen LogP contribution in [0.1, 0.15) is 19.8 Å². The fourth-order valence-corrected chi connectivity index (χ4v) is 3.40. The van der Waals surface area contributed by atoms with Crippen molar-refractivity contribution in [2.24, 2.45) is 0 Å². The van der Waals surface area contributed by atoms with Gasteiger partial charge in [0.05, 0.1) is 24.5 Å². The van der Waals surface area contributed by atoms with Gasteiger partial charge in [0.25, 0.3) is 0 Å². The lowest BCUT2D eigenvalue weighted by Crippen LogP contribution is -2.39. The second-order valence-electron chi connectivity index (χ2n) is 6.87. The van der Waals surface area contributed by atoms with E-state index >= 15 is 0 Å². The van der Waals surface area contributed by atoms with Gasteiger partial charge in [-0.3, -0.25) is 14.5 Å². The number of rotatable bonds is 4. The van der Waals surface area contributed by atoms with Gasteiger partial charge in [-0.05, 0) is 18.2 Å². The molecule has 0 aromatic heterocycles. The average molecular weight is 364 g/mol. The number of carbonyl (C=O) groups excluding carboxylic acids is 2. The Bertz CT molecular complexity index is 729. The molecule has 1 atom stereocenters. The van der Waals surface area contributed by atoms with Crippen LogP contribution in [0.3, 0.4) is 0 Å². The predicted octanol–water partition coefficient (Wildman–Crippen LogP) is 1.12. The SMILES string of the molecule is CC(=O)NC[C@H]1CN(c2ccc(N3CCC4(CC3)NO4)c(F)c2)C(=O)O1. The molecular formula is C17H21FN4O4. The van der Waals surface area contributed by atoms with Gasteiger partial charge in [0.2, 0.25) is 5.91 Å². The number of ether oxygens (including phenoxy) is 1. The summed E-state index contributed by atoms with van der Waals surface area (Å²) in [6.07, 6.45) is 0.623. The molecule has 3 fully saturated rings. The third-order valence-corrected chi connectivity index (χ3v) is 5.00. The van der Waals surface area contributed by atoms with E-state index in [1.165, 1.54) is 17.9 Å². The van der Waals surface area contributed by atoms with Gasteiger partial charge >= 0.3 is 6.09 Å². The molecule has 9 heteroatoms. The van der Waals surface area contributed by atoms with E-state index in [-0.39, 0.29) is 30.5 Å². The number of piperidine rings is 1. The lowest BCUT2D eigenvalue weighted by atomic mass is 10.0. The number of cyclic esters (lactones) is 1. The highest BCUT2D eigenvalue weighted by Crippen LogP contribution is 2.35. The molecule has 1 aromatic rings. The topological polar surface area (TPSA) is 96.4 Å². The van der Waals surface area contributed by atoms with Gasteiger partial charge in [-0.2, -0.15) is 5.48 Å². The number of hydrogen-bond donors (Lipinski definition) is 2. The fourth-order valence-electron chi connectivity index (χ4n) is 3.40. The smallest absolute Gasteiger partial charge is 0.414 e. The van der Waals surface area contributed by atoms with Crippen LogP contribution < -0.4 is 20.6 Å². The Kier molecular flexibility index (Phi) is 4.20. The maximum atomic E-state index is 14.7. The standard InChI is InChI=1S/C17H21FN4O4/c1-11(23)19-9-13-10-22(16(24)25-13)12-2-3-15(14(18)8-12)21-6-4-17(5-7-21)20-26-17/h2-3,8,13,20H,4-7,9-10H2,1H3,(H,19,23)/t13-/m0/s1. The Morgan fingerprint density at radius 2 is 2.15 bits per heavy atom. The van der Waals surface area contributed by atoms with E-state index in [1.807, 2.05) is 4.90 Å². The second-order valence-corrected chi connectivity index (χ2v) is 6.87. The van der Waals surface area contributed by atoms with Gasteiger partial charge in [0, 0.05) is 32.9 Å². The van der Waals surface area contributed by atoms with E-state index in [4.69, 9.17) is 9.57 Å². The van der Waals surface area contributed by atoms with Crippen molar-refractivity contribution < 1.29 is 23.6 Å². The normalized spacial score (nSPS) is 23.9. The number of amides is 2. The zero-order valence-electron chi connectivity index (χ0n) is 14.5. The summed E-state index contributed by atoms with van der Waals surface area (Å²) in [6.45, 7) is 3.31. The maximum absolute atomic E-state index is 14.7. The van der Waals surface area contributed by atoms with Crippen LogP contribution in [0.2, 0.25) is 0 Å². The average Bonchev–Trinajstić information content (AvgIpc) is 3.26. The molecule has 3 saturated heterocycles. The summed E-state index contributed by atoms with van der Waals surface area (Å²) in [5.74, 6) is -0.564. The van der Waals surface area contributed by atoms with Crippen molar-refractivity contribution in [3.8, 4) is 0 Å². The summed E-state index contributed by atoms with van der Waals surface area (Å²) in [5, 5.41) is 2.62. The lowest BCUT2D eigenvalue weighted by molar-refractivity contribution is -0.119. The number of hydroxylamine groups is 1. The van der Waals surface area contributed by atoms with Crippen LogP contribution in [0.25, 0.3) is 0 Å². The van der Waals surface area contributed by atoms with Gasteiger partial charge in [0.15, 0.2) is 5.72 Å². The van der Waals surface area contributed by atoms with Crippen LogP contribution in [-0.4, -0.2) is 50.0 Å². The molecule has 8 nitrogen and oxygen atoms in total. The van der Waals surface area contributed by atoms with Gasteiger partial charge in [-0.15, -0.1) is 0 Å². The number of carbonyl (C=O) groups is 2. The number of benzene rings is 1. The van der Waals surface area contributed by atoms with Crippen LogP contribution >= 0.6 is 0 Å². The molecule has 2 amide bonds. The van der Waals surface area contributed by atoms with E-state index in [0.29, 0.717) is 24.5 Å². The van der Waals surface area contributed by atoms with E-state index in [2.05, 4.69) is 10.8 Å². The van der Waals surface area contributed by atoms with Gasteiger partial charge in [-0.25, -0.2) is 9.18 Å². The zero-order chi connectivity index (χ0) is 18.3. The van der Waals surface area contributed by atoms with Crippen molar-refractivity contribution >= 4 is 23.4 Å².